The van der Waals surface area contributed by atoms with Crippen LogP contribution in [0.25, 0.3) is 5.78 Å². The van der Waals surface area contributed by atoms with Gasteiger partial charge in [-0.25, -0.2) is 17.9 Å². The number of sulfonamides is 1. The highest BCUT2D eigenvalue weighted by atomic mass is 32.2. The van der Waals surface area contributed by atoms with Gasteiger partial charge in [0.15, 0.2) is 0 Å². The molecule has 0 aliphatic heterocycles. The molecule has 0 aliphatic carbocycles. The van der Waals surface area contributed by atoms with Crippen LogP contribution in [-0.4, -0.2) is 40.2 Å². The first kappa shape index (κ1) is 16.8. The summed E-state index contributed by atoms with van der Waals surface area (Å²) in [4.78, 5) is 20.8. The summed E-state index contributed by atoms with van der Waals surface area (Å²) >= 11 is 0. The van der Waals surface area contributed by atoms with Gasteiger partial charge in [-0.15, -0.1) is 5.10 Å². The number of fused-ring (bicyclic) bond motifs is 1. The molecule has 0 atom stereocenters. The molecule has 2 heterocycles. The summed E-state index contributed by atoms with van der Waals surface area (Å²) < 4.78 is 26.7. The van der Waals surface area contributed by atoms with Crippen LogP contribution in [0, 0.1) is 13.8 Å². The lowest BCUT2D eigenvalue weighted by atomic mass is 10.2. The summed E-state index contributed by atoms with van der Waals surface area (Å²) in [6.07, 6.45) is 1.03. The van der Waals surface area contributed by atoms with Crippen molar-refractivity contribution in [2.75, 3.05) is 16.3 Å². The zero-order chi connectivity index (χ0) is 18.2. The van der Waals surface area contributed by atoms with E-state index < -0.39 is 15.9 Å². The molecular formula is C15H16N6O3S. The largest absolute Gasteiger partial charge is 0.317 e. The van der Waals surface area contributed by atoms with Crippen LogP contribution in [0.5, 0.6) is 0 Å². The fraction of sp³-hybridized carbons (Fsp3) is 0.200. The molecule has 0 aliphatic rings. The number of para-hydroxylation sites is 2. The molecule has 10 heteroatoms. The van der Waals surface area contributed by atoms with Gasteiger partial charge in [0.1, 0.15) is 0 Å². The molecule has 25 heavy (non-hydrogen) atoms. The molecule has 0 fully saturated rings. The average Bonchev–Trinajstić information content (AvgIpc) is 2.92. The number of amides is 1. The SMILES string of the molecule is Cc1cc(C)n2nc(C(=O)Nc3ccccc3NS(C)(=O)=O)nc2n1. The fourth-order valence-corrected chi connectivity index (χ4v) is 2.90. The Bertz CT molecular complexity index is 1070. The van der Waals surface area contributed by atoms with Gasteiger partial charge in [0, 0.05) is 11.4 Å². The Morgan fingerprint density at radius 2 is 1.80 bits per heavy atom. The first-order valence-corrected chi connectivity index (χ1v) is 9.21. The van der Waals surface area contributed by atoms with E-state index in [0.717, 1.165) is 17.6 Å². The number of benzene rings is 1. The smallest absolute Gasteiger partial charge is 0.295 e. The minimum Gasteiger partial charge on any atom is -0.317 e. The van der Waals surface area contributed by atoms with E-state index in [4.69, 9.17) is 0 Å². The van der Waals surface area contributed by atoms with Gasteiger partial charge in [0.2, 0.25) is 15.8 Å². The van der Waals surface area contributed by atoms with E-state index in [-0.39, 0.29) is 11.5 Å². The highest BCUT2D eigenvalue weighted by Gasteiger charge is 2.17. The van der Waals surface area contributed by atoms with Crippen LogP contribution in [-0.2, 0) is 10.0 Å². The molecular weight excluding hydrogens is 344 g/mol. The molecule has 0 spiro atoms. The highest BCUT2D eigenvalue weighted by Crippen LogP contribution is 2.22. The predicted octanol–water partition coefficient (Wildman–Crippen LogP) is 1.36. The van der Waals surface area contributed by atoms with Gasteiger partial charge >= 0.3 is 0 Å². The number of aryl methyl sites for hydroxylation is 2. The van der Waals surface area contributed by atoms with Crippen molar-refractivity contribution in [2.45, 2.75) is 13.8 Å². The van der Waals surface area contributed by atoms with Crippen molar-refractivity contribution >= 4 is 33.1 Å². The normalized spacial score (nSPS) is 11.5. The minimum absolute atomic E-state index is 0.0599. The number of carbonyl (C=O) groups excluding carboxylic acids is 1. The van der Waals surface area contributed by atoms with Gasteiger partial charge in [-0.2, -0.15) is 4.98 Å². The maximum atomic E-state index is 12.4. The van der Waals surface area contributed by atoms with Gasteiger partial charge in [-0.3, -0.25) is 9.52 Å². The second-order valence-electron chi connectivity index (χ2n) is 5.56. The number of nitrogens with one attached hydrogen (secondary N) is 2. The Morgan fingerprint density at radius 1 is 1.12 bits per heavy atom. The van der Waals surface area contributed by atoms with Crippen LogP contribution in [0.15, 0.2) is 30.3 Å². The number of aromatic nitrogens is 4. The van der Waals surface area contributed by atoms with Gasteiger partial charge in [0.25, 0.3) is 11.7 Å². The lowest BCUT2D eigenvalue weighted by molar-refractivity contribution is 0.101. The molecule has 3 aromatic rings. The third-order valence-corrected chi connectivity index (χ3v) is 3.88. The summed E-state index contributed by atoms with van der Waals surface area (Å²) in [5.74, 6) is -0.300. The maximum Gasteiger partial charge on any atom is 0.295 e. The number of carbonyl (C=O) groups is 1. The minimum atomic E-state index is -3.48. The molecule has 2 aromatic heterocycles. The summed E-state index contributed by atoms with van der Waals surface area (Å²) in [7, 11) is -3.48. The van der Waals surface area contributed by atoms with Crippen LogP contribution < -0.4 is 10.0 Å². The predicted molar refractivity (Wildman–Crippen MR) is 93.1 cm³/mol. The van der Waals surface area contributed by atoms with Crippen molar-refractivity contribution in [3.8, 4) is 0 Å². The third kappa shape index (κ3) is 3.74. The molecule has 1 aromatic carbocycles. The van der Waals surface area contributed by atoms with Crippen LogP contribution >= 0.6 is 0 Å². The Labute approximate surface area is 144 Å². The summed E-state index contributed by atoms with van der Waals surface area (Å²) in [5, 5.41) is 6.76. The summed E-state index contributed by atoms with van der Waals surface area (Å²) in [5.41, 5.74) is 2.13. The number of hydrogen-bond donors (Lipinski definition) is 2. The Kier molecular flexibility index (Phi) is 4.13. The number of hydrogen-bond acceptors (Lipinski definition) is 6. The van der Waals surface area contributed by atoms with E-state index in [1.165, 1.54) is 4.52 Å². The standard InChI is InChI=1S/C15H16N6O3S/c1-9-8-10(2)21-15(16-9)18-13(19-21)14(22)17-11-6-4-5-7-12(11)20-25(3,23)24/h4-8,20H,1-3H3,(H,17,22). The molecule has 1 amide bonds. The second kappa shape index (κ2) is 6.13. The van der Waals surface area contributed by atoms with E-state index in [9.17, 15) is 13.2 Å². The zero-order valence-electron chi connectivity index (χ0n) is 13.8. The first-order valence-electron chi connectivity index (χ1n) is 7.32. The fourth-order valence-electron chi connectivity index (χ4n) is 2.32. The topological polar surface area (TPSA) is 118 Å². The van der Waals surface area contributed by atoms with Crippen molar-refractivity contribution < 1.29 is 13.2 Å². The van der Waals surface area contributed by atoms with Crippen LogP contribution in [0.3, 0.4) is 0 Å². The van der Waals surface area contributed by atoms with E-state index in [0.29, 0.717) is 11.5 Å². The summed E-state index contributed by atoms with van der Waals surface area (Å²) in [6, 6.07) is 8.28. The quantitative estimate of drug-likeness (QED) is 0.725. The van der Waals surface area contributed by atoms with E-state index in [2.05, 4.69) is 25.1 Å². The number of rotatable bonds is 4. The van der Waals surface area contributed by atoms with Gasteiger partial charge in [-0.05, 0) is 32.0 Å². The molecule has 3 rings (SSSR count). The number of anilines is 2. The zero-order valence-corrected chi connectivity index (χ0v) is 14.6. The monoisotopic (exact) mass is 360 g/mol. The molecule has 9 nitrogen and oxygen atoms in total. The van der Waals surface area contributed by atoms with Gasteiger partial charge in [-0.1, -0.05) is 12.1 Å². The van der Waals surface area contributed by atoms with Crippen molar-refractivity contribution in [1.82, 2.24) is 19.6 Å². The van der Waals surface area contributed by atoms with Crippen molar-refractivity contribution in [3.63, 3.8) is 0 Å². The molecule has 0 saturated heterocycles. The lowest BCUT2D eigenvalue weighted by Crippen LogP contribution is -2.17. The van der Waals surface area contributed by atoms with Crippen LogP contribution in [0.4, 0.5) is 11.4 Å². The van der Waals surface area contributed by atoms with Crippen LogP contribution in [0.2, 0.25) is 0 Å². The third-order valence-electron chi connectivity index (χ3n) is 3.29. The maximum absolute atomic E-state index is 12.4. The summed E-state index contributed by atoms with van der Waals surface area (Å²) in [6.45, 7) is 3.66. The van der Waals surface area contributed by atoms with Crippen LogP contribution in [0.1, 0.15) is 22.0 Å². The number of nitrogens with zero attached hydrogens (tertiary/aromatic N) is 4. The molecule has 130 valence electrons. The molecule has 2 N–H and O–H groups in total. The van der Waals surface area contributed by atoms with E-state index >= 15 is 0 Å². The first-order chi connectivity index (χ1) is 11.7. The van der Waals surface area contributed by atoms with Gasteiger partial charge < -0.3 is 5.32 Å². The Hall–Kier alpha value is -3.01. The lowest BCUT2D eigenvalue weighted by Gasteiger charge is -2.10. The van der Waals surface area contributed by atoms with E-state index in [1.54, 1.807) is 24.3 Å². The van der Waals surface area contributed by atoms with Gasteiger partial charge in [0.05, 0.1) is 17.6 Å². The Balaban J connectivity index is 1.92. The molecule has 0 unspecified atom stereocenters. The van der Waals surface area contributed by atoms with Crippen molar-refractivity contribution in [2.24, 2.45) is 0 Å². The second-order valence-corrected chi connectivity index (χ2v) is 7.31. The molecule has 0 saturated carbocycles. The highest BCUT2D eigenvalue weighted by molar-refractivity contribution is 7.92. The average molecular weight is 360 g/mol. The molecule has 0 bridgehead atoms. The Morgan fingerprint density at radius 3 is 2.48 bits per heavy atom. The molecule has 0 radical (unpaired) electrons. The van der Waals surface area contributed by atoms with Crippen molar-refractivity contribution in [3.05, 3.63) is 47.5 Å². The van der Waals surface area contributed by atoms with E-state index in [1.807, 2.05) is 19.9 Å². The van der Waals surface area contributed by atoms with Crippen molar-refractivity contribution in [1.29, 1.82) is 0 Å².